The van der Waals surface area contributed by atoms with Gasteiger partial charge in [0.2, 0.25) is 0 Å². The number of nitrogens with two attached hydrogens (primary N) is 1. The molecule has 1 heterocycles. The first-order chi connectivity index (χ1) is 8.54. The minimum atomic E-state index is -0.103. The summed E-state index contributed by atoms with van der Waals surface area (Å²) in [5, 5.41) is 0. The molecule has 0 amide bonds. The average Bonchev–Trinajstić information content (AvgIpc) is 2.62. The van der Waals surface area contributed by atoms with Crippen molar-refractivity contribution >= 4 is 0 Å². The van der Waals surface area contributed by atoms with Crippen molar-refractivity contribution in [1.29, 1.82) is 0 Å². The third-order valence-corrected chi connectivity index (χ3v) is 3.65. The second-order valence-corrected chi connectivity index (χ2v) is 4.83. The Kier molecular flexibility index (Phi) is 3.58. The fourth-order valence-electron chi connectivity index (χ4n) is 2.44. The normalized spacial score (nSPS) is 12.7. The molecule has 1 atom stereocenters. The fraction of sp³-hybridized carbons (Fsp3) is 0.375. The molecule has 2 N–H and O–H groups in total. The van der Waals surface area contributed by atoms with E-state index in [1.54, 1.807) is 0 Å². The Hall–Kier alpha value is -1.54. The number of hydrogen-bond donors (Lipinski definition) is 1. The smallest absolute Gasteiger partial charge is 0.106 e. The van der Waals surface area contributed by atoms with Crippen LogP contribution in [0, 0.1) is 20.8 Å². The Bertz CT molecular complexity index is 554. The molecule has 0 radical (unpaired) electrons. The van der Waals surface area contributed by atoms with E-state index in [9.17, 15) is 0 Å². The highest BCUT2D eigenvalue weighted by Gasteiger charge is 2.19. The maximum atomic E-state index is 6.39. The summed E-state index contributed by atoms with van der Waals surface area (Å²) in [7, 11) is 0. The molecule has 0 aliphatic carbocycles. The van der Waals surface area contributed by atoms with E-state index in [4.69, 9.17) is 10.2 Å². The van der Waals surface area contributed by atoms with Gasteiger partial charge in [-0.1, -0.05) is 31.2 Å². The highest BCUT2D eigenvalue weighted by Crippen LogP contribution is 2.30. The van der Waals surface area contributed by atoms with Crippen molar-refractivity contribution in [2.24, 2.45) is 5.73 Å². The van der Waals surface area contributed by atoms with Gasteiger partial charge in [-0.15, -0.1) is 0 Å². The number of benzene rings is 1. The van der Waals surface area contributed by atoms with Gasteiger partial charge in [0.1, 0.15) is 11.5 Å². The maximum absolute atomic E-state index is 6.39. The van der Waals surface area contributed by atoms with Gasteiger partial charge in [0.05, 0.1) is 6.04 Å². The van der Waals surface area contributed by atoms with E-state index in [1.807, 2.05) is 13.8 Å². The van der Waals surface area contributed by atoms with E-state index in [2.05, 4.69) is 38.1 Å². The van der Waals surface area contributed by atoms with Crippen LogP contribution in [-0.4, -0.2) is 0 Å². The molecule has 2 heteroatoms. The molecule has 0 fully saturated rings. The van der Waals surface area contributed by atoms with Crippen molar-refractivity contribution in [3.05, 3.63) is 58.0 Å². The Morgan fingerprint density at radius 2 is 1.89 bits per heavy atom. The second kappa shape index (κ2) is 4.99. The molecule has 0 saturated carbocycles. The summed E-state index contributed by atoms with van der Waals surface area (Å²) < 4.78 is 5.66. The molecule has 96 valence electrons. The molecule has 0 spiro atoms. The Balaban J connectivity index is 2.44. The number of furan rings is 1. The van der Waals surface area contributed by atoms with Gasteiger partial charge in [-0.25, -0.2) is 0 Å². The van der Waals surface area contributed by atoms with Crippen molar-refractivity contribution < 1.29 is 4.42 Å². The van der Waals surface area contributed by atoms with E-state index < -0.39 is 0 Å². The minimum absolute atomic E-state index is 0.103. The largest absolute Gasteiger partial charge is 0.466 e. The Labute approximate surface area is 109 Å². The molecule has 1 aromatic carbocycles. The average molecular weight is 243 g/mol. The van der Waals surface area contributed by atoms with E-state index in [1.165, 1.54) is 11.1 Å². The molecular formula is C16H21NO. The van der Waals surface area contributed by atoms with E-state index in [0.29, 0.717) is 0 Å². The molecule has 2 nitrogen and oxygen atoms in total. The van der Waals surface area contributed by atoms with Crippen LogP contribution in [-0.2, 0) is 6.42 Å². The second-order valence-electron chi connectivity index (χ2n) is 4.83. The standard InChI is InChI=1S/C16H21NO/c1-5-13-7-6-8-14(9-13)16(17)15-10(2)11(3)18-12(15)4/h6-9,16H,5,17H2,1-4H3. The summed E-state index contributed by atoms with van der Waals surface area (Å²) in [6.07, 6.45) is 1.03. The lowest BCUT2D eigenvalue weighted by molar-refractivity contribution is 0.498. The number of hydrogen-bond acceptors (Lipinski definition) is 2. The molecule has 18 heavy (non-hydrogen) atoms. The van der Waals surface area contributed by atoms with Gasteiger partial charge in [-0.05, 0) is 43.9 Å². The summed E-state index contributed by atoms with van der Waals surface area (Å²) in [6.45, 7) is 8.20. The highest BCUT2D eigenvalue weighted by atomic mass is 16.3. The molecule has 1 unspecified atom stereocenters. The van der Waals surface area contributed by atoms with Gasteiger partial charge < -0.3 is 10.2 Å². The lowest BCUT2D eigenvalue weighted by Gasteiger charge is -2.14. The van der Waals surface area contributed by atoms with Crippen molar-refractivity contribution in [2.75, 3.05) is 0 Å². The topological polar surface area (TPSA) is 39.2 Å². The Morgan fingerprint density at radius 1 is 1.17 bits per heavy atom. The van der Waals surface area contributed by atoms with Gasteiger partial charge in [0.15, 0.2) is 0 Å². The van der Waals surface area contributed by atoms with Crippen LogP contribution in [0.3, 0.4) is 0 Å². The number of rotatable bonds is 3. The van der Waals surface area contributed by atoms with Crippen LogP contribution in [0.5, 0.6) is 0 Å². The van der Waals surface area contributed by atoms with Crippen LogP contribution in [0.15, 0.2) is 28.7 Å². The van der Waals surface area contributed by atoms with Crippen LogP contribution >= 0.6 is 0 Å². The Morgan fingerprint density at radius 3 is 2.44 bits per heavy atom. The first kappa shape index (κ1) is 12.9. The molecule has 0 aliphatic rings. The zero-order valence-corrected chi connectivity index (χ0v) is 11.6. The van der Waals surface area contributed by atoms with Crippen LogP contribution in [0.1, 0.15) is 46.7 Å². The lowest BCUT2D eigenvalue weighted by Crippen LogP contribution is -2.13. The molecule has 1 aromatic heterocycles. The first-order valence-electron chi connectivity index (χ1n) is 6.45. The minimum Gasteiger partial charge on any atom is -0.466 e. The van der Waals surface area contributed by atoms with E-state index in [0.717, 1.165) is 29.1 Å². The molecule has 0 aliphatic heterocycles. The first-order valence-corrected chi connectivity index (χ1v) is 6.45. The van der Waals surface area contributed by atoms with Crippen molar-refractivity contribution in [3.8, 4) is 0 Å². The van der Waals surface area contributed by atoms with Gasteiger partial charge in [0.25, 0.3) is 0 Å². The highest BCUT2D eigenvalue weighted by molar-refractivity contribution is 5.41. The van der Waals surface area contributed by atoms with Crippen LogP contribution in [0.4, 0.5) is 0 Å². The van der Waals surface area contributed by atoms with Crippen molar-refractivity contribution in [1.82, 2.24) is 0 Å². The van der Waals surface area contributed by atoms with Gasteiger partial charge in [0, 0.05) is 5.56 Å². The number of aryl methyl sites for hydroxylation is 3. The molecule has 0 saturated heterocycles. The summed E-state index contributed by atoms with van der Waals surface area (Å²) >= 11 is 0. The van der Waals surface area contributed by atoms with Gasteiger partial charge >= 0.3 is 0 Å². The van der Waals surface area contributed by atoms with E-state index >= 15 is 0 Å². The summed E-state index contributed by atoms with van der Waals surface area (Å²) in [4.78, 5) is 0. The molecular weight excluding hydrogens is 222 g/mol. The van der Waals surface area contributed by atoms with Gasteiger partial charge in [-0.3, -0.25) is 0 Å². The zero-order valence-electron chi connectivity index (χ0n) is 11.6. The lowest BCUT2D eigenvalue weighted by atomic mass is 9.95. The summed E-state index contributed by atoms with van der Waals surface area (Å²) in [5.41, 5.74) is 11.2. The third kappa shape index (κ3) is 2.21. The zero-order chi connectivity index (χ0) is 13.3. The quantitative estimate of drug-likeness (QED) is 0.890. The molecule has 0 bridgehead atoms. The SMILES string of the molecule is CCc1cccc(C(N)c2c(C)oc(C)c2C)c1. The van der Waals surface area contributed by atoms with Crippen LogP contribution < -0.4 is 5.73 Å². The van der Waals surface area contributed by atoms with Crippen LogP contribution in [0.2, 0.25) is 0 Å². The van der Waals surface area contributed by atoms with E-state index in [-0.39, 0.29) is 6.04 Å². The predicted molar refractivity (Wildman–Crippen MR) is 74.8 cm³/mol. The van der Waals surface area contributed by atoms with Crippen molar-refractivity contribution in [2.45, 2.75) is 40.2 Å². The molecule has 2 rings (SSSR count). The fourth-order valence-corrected chi connectivity index (χ4v) is 2.44. The van der Waals surface area contributed by atoms with Gasteiger partial charge in [-0.2, -0.15) is 0 Å². The van der Waals surface area contributed by atoms with Crippen LogP contribution in [0.25, 0.3) is 0 Å². The molecule has 2 aromatic rings. The summed E-state index contributed by atoms with van der Waals surface area (Å²) in [5.74, 6) is 1.89. The maximum Gasteiger partial charge on any atom is 0.106 e. The monoisotopic (exact) mass is 243 g/mol. The van der Waals surface area contributed by atoms with Crippen molar-refractivity contribution in [3.63, 3.8) is 0 Å². The summed E-state index contributed by atoms with van der Waals surface area (Å²) in [6, 6.07) is 8.38. The predicted octanol–water partition coefficient (Wildman–Crippen LogP) is 3.82. The third-order valence-electron chi connectivity index (χ3n) is 3.65.